The molecule has 0 aliphatic carbocycles. The number of hydrogen-bond acceptors (Lipinski definition) is 53. The Morgan fingerprint density at radius 2 is 0.712 bits per heavy atom. The van der Waals surface area contributed by atoms with Gasteiger partial charge in [0.15, 0.2) is 56.6 Å². The monoisotopic (exact) mass is 1930 g/mol. The van der Waals surface area contributed by atoms with Crippen LogP contribution in [0.15, 0.2) is 0 Å². The molecule has 762 valence electrons. The van der Waals surface area contributed by atoms with Crippen LogP contribution in [-0.2, 0) is 119 Å². The van der Waals surface area contributed by atoms with Crippen LogP contribution in [0.2, 0.25) is 0 Å². The van der Waals surface area contributed by atoms with Gasteiger partial charge in [-0.3, -0.25) is 24.0 Å². The zero-order valence-corrected chi connectivity index (χ0v) is 70.8. The molecule has 59 heteroatoms. The number of aliphatic hydroxyl groups is 28. The third-order valence-corrected chi connectivity index (χ3v) is 23.9. The molecule has 0 bridgehead atoms. The summed E-state index contributed by atoms with van der Waals surface area (Å²) in [5, 5.41) is 335. The molecule has 5 amide bonds. The van der Waals surface area contributed by atoms with Crippen molar-refractivity contribution in [2.45, 2.75) is 353 Å². The summed E-state index contributed by atoms with van der Waals surface area (Å²) >= 11 is 0. The molecule has 10 fully saturated rings. The highest BCUT2D eigenvalue weighted by atomic mass is 16.8. The van der Waals surface area contributed by atoms with E-state index in [0.29, 0.717) is 0 Å². The lowest BCUT2D eigenvalue weighted by Crippen LogP contribution is -2.71. The van der Waals surface area contributed by atoms with Gasteiger partial charge in [0.1, 0.15) is 238 Å². The molecule has 10 aliphatic heterocycles. The number of rotatable bonds is 36. The second-order valence-corrected chi connectivity index (χ2v) is 33.2. The number of aliphatic carboxylic acids is 1. The van der Waals surface area contributed by atoms with E-state index in [1.54, 1.807) is 0 Å². The first-order chi connectivity index (χ1) is 62.2. The normalized spacial score (nSPS) is 47.2. The van der Waals surface area contributed by atoms with Crippen LogP contribution in [0.25, 0.3) is 0 Å². The van der Waals surface area contributed by atoms with Gasteiger partial charge in [-0.25, -0.2) is 4.79 Å². The molecule has 0 radical (unpaired) electrons. The summed E-state index contributed by atoms with van der Waals surface area (Å²) in [6, 6.07) is -9.56. The fourth-order valence-corrected chi connectivity index (χ4v) is 16.8. The molecule has 59 nitrogen and oxygen atoms in total. The van der Waals surface area contributed by atoms with Crippen molar-refractivity contribution in [3.63, 3.8) is 0 Å². The Morgan fingerprint density at radius 3 is 1.20 bits per heavy atom. The van der Waals surface area contributed by atoms with E-state index in [0.717, 1.165) is 27.7 Å². The zero-order valence-electron chi connectivity index (χ0n) is 70.8. The first-order valence-electron chi connectivity index (χ1n) is 41.8. The Balaban J connectivity index is 0.947. The van der Waals surface area contributed by atoms with Crippen LogP contribution in [-0.4, -0.2) is 562 Å². The van der Waals surface area contributed by atoms with Gasteiger partial charge in [-0.15, -0.1) is 0 Å². The van der Waals surface area contributed by atoms with Gasteiger partial charge in [0.2, 0.25) is 29.5 Å². The molecular formula is C73H121N5O54. The van der Waals surface area contributed by atoms with Gasteiger partial charge in [-0.1, -0.05) is 0 Å². The molecule has 0 saturated carbocycles. The number of aliphatic hydroxyl groups excluding tert-OH is 28. The number of hydrogen-bond donors (Lipinski definition) is 34. The van der Waals surface area contributed by atoms with Crippen LogP contribution < -0.4 is 26.6 Å². The number of nitrogens with one attached hydrogen (secondary N) is 5. The van der Waals surface area contributed by atoms with E-state index in [1.807, 2.05) is 0 Å². The number of carboxylic acids is 1. The van der Waals surface area contributed by atoms with Gasteiger partial charge in [-0.05, 0) is 6.92 Å². The SMILES string of the molecule is CC(=O)N[C@@H]1[C@@H](O)[C@H](O[C@@H]2O[C@H](CO)[C@@H](O[C@@H]3O[C@H](CO[C@H]4O[C@H](CO)[C@@H](O)[C@H](O)[C@@H]4O[C@@H]4O[C@H](CO)[C@@H](O[C@@H]5O[C@H](CO[C@@]6(C(=O)O)C[C@H](O)[C@@H](NC(=O)CO)[C@H]([C@H](O)[C@H](O)CO)O6)[C@H](O)[C@H](O)[C@H]5O)[C@H](O)[C@H]4NC(C)=O)[C@@H](O)[C@H](O[C@H]4O[C@H](CO)[C@@H](O)[C@H](O)[C@@H]4O[C@@H]4O[C@H](CO)[C@@H](O)[C@H](O)[C@H]4NC(C)=O)[C@@H]3O)[C@H](O)[C@H]2NC(C)=O)[C@@H](CO[C@@H]2O[C@@H](C)[C@@H](O)[C@@H](O)[C@@H]2O)O[C@H]1O. The second kappa shape index (κ2) is 47.3. The summed E-state index contributed by atoms with van der Waals surface area (Å²) in [7, 11) is 0. The van der Waals surface area contributed by atoms with Crippen molar-refractivity contribution in [2.24, 2.45) is 0 Å². The molecular weight excluding hydrogens is 1810 g/mol. The van der Waals surface area contributed by atoms with Gasteiger partial charge in [0.25, 0.3) is 5.79 Å². The summed E-state index contributed by atoms with van der Waals surface area (Å²) in [5.74, 6) is -10.3. The molecule has 10 rings (SSSR count). The minimum atomic E-state index is -3.16. The van der Waals surface area contributed by atoms with Crippen molar-refractivity contribution in [1.29, 1.82) is 0 Å². The van der Waals surface area contributed by atoms with Crippen molar-refractivity contribution < 1.29 is 267 Å². The summed E-state index contributed by atoms with van der Waals surface area (Å²) in [4.78, 5) is 76.8. The zero-order chi connectivity index (χ0) is 97.6. The maximum absolute atomic E-state index is 13.3. The third-order valence-electron chi connectivity index (χ3n) is 23.9. The number of carbonyl (C=O) groups is 6. The average molecular weight is 1930 g/mol. The lowest BCUT2D eigenvalue weighted by atomic mass is 9.88. The molecule has 0 unspecified atom stereocenters. The Bertz CT molecular complexity index is 3680. The largest absolute Gasteiger partial charge is 0.477 e. The smallest absolute Gasteiger partial charge is 0.364 e. The van der Waals surface area contributed by atoms with E-state index in [-0.39, 0.29) is 0 Å². The third kappa shape index (κ3) is 24.3. The standard InChI is InChI=1S/C73H121N5O54/c1-17-38(93)49(104)53(108)67(117-17)114-15-31-58(46(101)34(63(111)118-31)74-18(2)86)126-65-36(76-20(4)88)47(102)57(28(12-84)122-65)128-69-55(110)60(129-71-62(52(107)42(97)26(10-82)121-71)131-64-35(75-19(3)87)45(100)40(95)24(8-80)119-64)44(99)29(124-69)14-115-70-61(51(106)41(96)25(9-81)120-70)130-66-37(77-21(5)89)48(103)56(27(11-83)123-66)127-68-54(109)50(105)43(98)30(125-68)16-116-73(72(112)113)6-22(90)33(78-32(92)13-85)59(132-73)39(94)23(91)7-79/h17,22-31,33-71,79-85,90-91,93-111H,6-16H2,1-5H3,(H,74,86)(H,75,87)(H,76,88)(H,77,89)(H,78,92)(H,112,113)/t17-,22-,23+,24+,25+,26+,27+,28+,29+,30+,31+,33+,34+,35+,36+,37+,38+,39+,40+,41+,42+,43-,44+,45+,46+,47+,48+,49+,50-,51-,52-,53-,54+,55-,56+,57+,58+,59+,60-,61-,62-,63+,64-,65-,66-,67+,68-,69-,70-,71+,73-/m0/s1. The first kappa shape index (κ1) is 109. The Labute approximate surface area is 746 Å². The van der Waals surface area contributed by atoms with Gasteiger partial charge < -0.3 is 265 Å². The molecule has 34 N–H and O–H groups in total. The predicted molar refractivity (Wildman–Crippen MR) is 405 cm³/mol. The number of amides is 5. The van der Waals surface area contributed by atoms with Crippen LogP contribution in [0.5, 0.6) is 0 Å². The van der Waals surface area contributed by atoms with E-state index < -0.39 is 420 Å². The Hall–Kier alpha value is -5.06. The van der Waals surface area contributed by atoms with Crippen LogP contribution in [0.1, 0.15) is 41.0 Å². The van der Waals surface area contributed by atoms with Gasteiger partial charge in [0.05, 0.1) is 77.7 Å². The quantitative estimate of drug-likeness (QED) is 0.0277. The van der Waals surface area contributed by atoms with Crippen LogP contribution in [0, 0.1) is 0 Å². The van der Waals surface area contributed by atoms with Crippen molar-refractivity contribution in [3.05, 3.63) is 0 Å². The highest BCUT2D eigenvalue weighted by molar-refractivity contribution is 5.78. The molecule has 51 atom stereocenters. The lowest BCUT2D eigenvalue weighted by molar-refractivity contribution is -0.397. The Morgan fingerprint density at radius 1 is 0.341 bits per heavy atom. The predicted octanol–water partition coefficient (Wildman–Crippen LogP) is -22.9. The highest BCUT2D eigenvalue weighted by Crippen LogP contribution is 2.42. The minimum absolute atomic E-state index is 0.855. The fraction of sp³-hybridized carbons (Fsp3) is 0.918. The van der Waals surface area contributed by atoms with Gasteiger partial charge in [-0.2, -0.15) is 0 Å². The molecule has 0 aromatic rings. The molecule has 10 saturated heterocycles. The summed E-state index contributed by atoms with van der Waals surface area (Å²) in [6.45, 7) is -6.81. The van der Waals surface area contributed by atoms with E-state index in [4.69, 9.17) is 90.0 Å². The van der Waals surface area contributed by atoms with Crippen molar-refractivity contribution in [2.75, 3.05) is 66.1 Å². The first-order valence-corrected chi connectivity index (χ1v) is 41.8. The fourth-order valence-electron chi connectivity index (χ4n) is 16.8. The van der Waals surface area contributed by atoms with Crippen LogP contribution in [0.4, 0.5) is 0 Å². The highest BCUT2D eigenvalue weighted by Gasteiger charge is 2.63. The molecule has 0 spiro atoms. The maximum atomic E-state index is 13.3. The summed E-state index contributed by atoms with van der Waals surface area (Å²) in [6.07, 6.45) is -98.0. The maximum Gasteiger partial charge on any atom is 0.364 e. The van der Waals surface area contributed by atoms with Crippen molar-refractivity contribution >= 4 is 35.5 Å². The number of ether oxygens (including phenoxy) is 19. The Kier molecular flexibility index (Phi) is 39.0. The summed E-state index contributed by atoms with van der Waals surface area (Å²) in [5.41, 5.74) is 0. The van der Waals surface area contributed by atoms with Crippen molar-refractivity contribution in [3.8, 4) is 0 Å². The topological polar surface area (TPSA) is 925 Å². The van der Waals surface area contributed by atoms with Crippen LogP contribution >= 0.6 is 0 Å². The molecule has 0 aromatic heterocycles. The van der Waals surface area contributed by atoms with E-state index in [9.17, 15) is 177 Å². The van der Waals surface area contributed by atoms with Crippen molar-refractivity contribution in [1.82, 2.24) is 26.6 Å². The lowest BCUT2D eigenvalue weighted by Gasteiger charge is -2.51. The van der Waals surface area contributed by atoms with E-state index in [1.165, 1.54) is 6.92 Å². The second-order valence-electron chi connectivity index (χ2n) is 33.2. The van der Waals surface area contributed by atoms with Gasteiger partial charge in [0, 0.05) is 34.1 Å². The average Bonchev–Trinajstić information content (AvgIpc) is 0.770. The van der Waals surface area contributed by atoms with E-state index in [2.05, 4.69) is 26.6 Å². The van der Waals surface area contributed by atoms with Crippen LogP contribution in [0.3, 0.4) is 0 Å². The minimum Gasteiger partial charge on any atom is -0.477 e. The van der Waals surface area contributed by atoms with Gasteiger partial charge >= 0.3 is 5.97 Å². The molecule has 132 heavy (non-hydrogen) atoms. The summed E-state index contributed by atoms with van der Waals surface area (Å²) < 4.78 is 113. The molecule has 0 aromatic carbocycles. The number of carbonyl (C=O) groups excluding carboxylic acids is 5. The molecule has 10 heterocycles. The number of carboxylic acid groups (broad SMARTS) is 1. The van der Waals surface area contributed by atoms with E-state index >= 15 is 0 Å². The molecule has 10 aliphatic rings.